The van der Waals surface area contributed by atoms with E-state index in [2.05, 4.69) is 29.4 Å². The predicted octanol–water partition coefficient (Wildman–Crippen LogP) is 4.51. The molecular weight excluding hydrogens is 350 g/mol. The van der Waals surface area contributed by atoms with Crippen LogP contribution in [0, 0.1) is 11.3 Å². The van der Waals surface area contributed by atoms with Crippen LogP contribution in [0.3, 0.4) is 0 Å². The van der Waals surface area contributed by atoms with Crippen LogP contribution >= 0.6 is 0 Å². The second-order valence-electron chi connectivity index (χ2n) is 7.31. The third kappa shape index (κ3) is 3.50. The number of esters is 1. The van der Waals surface area contributed by atoms with E-state index >= 15 is 0 Å². The summed E-state index contributed by atoms with van der Waals surface area (Å²) in [4.78, 5) is 17.5. The van der Waals surface area contributed by atoms with Gasteiger partial charge in [-0.25, -0.2) is 4.79 Å². The van der Waals surface area contributed by atoms with E-state index in [1.54, 1.807) is 0 Å². The number of nitriles is 1. The number of dihydropyridines is 1. The maximum absolute atomic E-state index is 13.0. The third-order valence-electron chi connectivity index (χ3n) is 4.98. The second kappa shape index (κ2) is 7.85. The highest BCUT2D eigenvalue weighted by molar-refractivity contribution is 5.95. The molecule has 2 aromatic rings. The van der Waals surface area contributed by atoms with Gasteiger partial charge in [0, 0.05) is 23.0 Å². The van der Waals surface area contributed by atoms with Gasteiger partial charge >= 0.3 is 5.97 Å². The van der Waals surface area contributed by atoms with Crippen LogP contribution in [-0.4, -0.2) is 17.1 Å². The fraction of sp³-hybridized carbons (Fsp3) is 0.348. The summed E-state index contributed by atoms with van der Waals surface area (Å²) < 4.78 is 5.51. The number of aryl methyl sites for hydroxylation is 1. The van der Waals surface area contributed by atoms with Gasteiger partial charge in [0.25, 0.3) is 0 Å². The van der Waals surface area contributed by atoms with Crippen molar-refractivity contribution in [1.29, 1.82) is 5.26 Å². The lowest BCUT2D eigenvalue weighted by Gasteiger charge is -2.29. The molecule has 0 bridgehead atoms. The molecule has 1 atom stereocenters. The SMILES string of the molecule is CCc1cnc2cccc([C@@H]3C(C#N)=C(C)NC(C)=C3C(=O)OC(C)C)c2c1. The summed E-state index contributed by atoms with van der Waals surface area (Å²) in [5.41, 5.74) is 5.32. The van der Waals surface area contributed by atoms with Gasteiger partial charge in [-0.05, 0) is 57.4 Å². The van der Waals surface area contributed by atoms with Gasteiger partial charge in [-0.1, -0.05) is 19.1 Å². The number of ether oxygens (including phenoxy) is 1. The van der Waals surface area contributed by atoms with Gasteiger partial charge in [0.1, 0.15) is 0 Å². The van der Waals surface area contributed by atoms with Gasteiger partial charge in [0.15, 0.2) is 0 Å². The Bertz CT molecular complexity index is 1040. The smallest absolute Gasteiger partial charge is 0.337 e. The maximum atomic E-state index is 13.0. The number of benzene rings is 1. The number of allylic oxidation sites excluding steroid dienone is 3. The first-order valence-electron chi connectivity index (χ1n) is 9.54. The molecule has 144 valence electrons. The van der Waals surface area contributed by atoms with Gasteiger partial charge in [0.2, 0.25) is 0 Å². The normalized spacial score (nSPS) is 17.0. The fourth-order valence-electron chi connectivity index (χ4n) is 3.66. The molecule has 0 aliphatic carbocycles. The van der Waals surface area contributed by atoms with Gasteiger partial charge in [-0.15, -0.1) is 0 Å². The van der Waals surface area contributed by atoms with Gasteiger partial charge in [0.05, 0.1) is 34.8 Å². The standard InChI is InChI=1S/C23H25N3O2/c1-6-16-10-18-17(8-7-9-20(18)25-12-16)22-19(11-24)14(4)26-15(5)21(22)23(27)28-13(2)3/h7-10,12-13,22,26H,6H2,1-5H3/t22-/m1/s1. The molecular formula is C23H25N3O2. The molecule has 0 saturated carbocycles. The Morgan fingerprint density at radius 1 is 1.32 bits per heavy atom. The summed E-state index contributed by atoms with van der Waals surface area (Å²) in [5, 5.41) is 14.0. The Hall–Kier alpha value is -3.13. The van der Waals surface area contributed by atoms with Crippen molar-refractivity contribution in [3.05, 3.63) is 64.1 Å². The molecule has 0 spiro atoms. The molecule has 1 aromatic carbocycles. The average molecular weight is 375 g/mol. The number of aromatic nitrogens is 1. The zero-order valence-electron chi connectivity index (χ0n) is 17.0. The van der Waals surface area contributed by atoms with E-state index in [4.69, 9.17) is 4.74 Å². The first-order valence-corrected chi connectivity index (χ1v) is 9.54. The minimum Gasteiger partial charge on any atom is -0.460 e. The first-order chi connectivity index (χ1) is 13.4. The lowest BCUT2D eigenvalue weighted by Crippen LogP contribution is -2.29. The van der Waals surface area contributed by atoms with Gasteiger partial charge in [-0.2, -0.15) is 5.26 Å². The molecule has 0 saturated heterocycles. The molecule has 1 N–H and O–H groups in total. The highest BCUT2D eigenvalue weighted by atomic mass is 16.5. The third-order valence-corrected chi connectivity index (χ3v) is 4.98. The average Bonchev–Trinajstić information content (AvgIpc) is 2.65. The minimum absolute atomic E-state index is 0.244. The van der Waals surface area contributed by atoms with E-state index < -0.39 is 11.9 Å². The minimum atomic E-state index is -0.491. The number of fused-ring (bicyclic) bond motifs is 1. The predicted molar refractivity (Wildman–Crippen MR) is 109 cm³/mol. The van der Waals surface area contributed by atoms with E-state index in [1.807, 2.05) is 52.1 Å². The van der Waals surface area contributed by atoms with E-state index in [1.165, 1.54) is 0 Å². The fourth-order valence-corrected chi connectivity index (χ4v) is 3.66. The number of hydrogen-bond donors (Lipinski definition) is 1. The molecule has 0 amide bonds. The van der Waals surface area contributed by atoms with Crippen molar-refractivity contribution in [3.63, 3.8) is 0 Å². The summed E-state index contributed by atoms with van der Waals surface area (Å²) >= 11 is 0. The number of rotatable bonds is 4. The summed E-state index contributed by atoms with van der Waals surface area (Å²) in [5.74, 6) is -0.892. The number of hydrogen-bond acceptors (Lipinski definition) is 5. The summed E-state index contributed by atoms with van der Waals surface area (Å²) in [7, 11) is 0. The highest BCUT2D eigenvalue weighted by Crippen LogP contribution is 2.41. The number of nitrogens with one attached hydrogen (secondary N) is 1. The number of carbonyl (C=O) groups excluding carboxylic acids is 1. The van der Waals surface area contributed by atoms with Crippen molar-refractivity contribution >= 4 is 16.9 Å². The quantitative estimate of drug-likeness (QED) is 0.796. The van der Waals surface area contributed by atoms with E-state index in [-0.39, 0.29) is 6.10 Å². The molecule has 2 heterocycles. The molecule has 1 aromatic heterocycles. The molecule has 5 nitrogen and oxygen atoms in total. The van der Waals surface area contributed by atoms with E-state index in [9.17, 15) is 10.1 Å². The van der Waals surface area contributed by atoms with E-state index in [0.717, 1.165) is 34.1 Å². The monoisotopic (exact) mass is 375 g/mol. The molecule has 1 aliphatic rings. The van der Waals surface area contributed by atoms with Crippen LogP contribution in [0.15, 0.2) is 53.0 Å². The van der Waals surface area contributed by atoms with Crippen LogP contribution in [0.5, 0.6) is 0 Å². The Kier molecular flexibility index (Phi) is 5.51. The number of pyridine rings is 1. The van der Waals surface area contributed by atoms with Crippen LogP contribution in [0.4, 0.5) is 0 Å². The van der Waals surface area contributed by atoms with Crippen molar-refractivity contribution in [2.24, 2.45) is 0 Å². The first kappa shape index (κ1) is 19.6. The number of carbonyl (C=O) groups is 1. The van der Waals surface area contributed by atoms with Crippen LogP contribution in [0.25, 0.3) is 10.9 Å². The summed E-state index contributed by atoms with van der Waals surface area (Å²) in [6.45, 7) is 9.43. The topological polar surface area (TPSA) is 75.0 Å². The molecule has 28 heavy (non-hydrogen) atoms. The lowest BCUT2D eigenvalue weighted by atomic mass is 9.79. The second-order valence-corrected chi connectivity index (χ2v) is 7.31. The molecule has 0 fully saturated rings. The molecule has 3 rings (SSSR count). The van der Waals surface area contributed by atoms with Crippen molar-refractivity contribution in [1.82, 2.24) is 10.3 Å². The zero-order chi connectivity index (χ0) is 20.4. The Labute approximate surface area is 165 Å². The highest BCUT2D eigenvalue weighted by Gasteiger charge is 2.35. The van der Waals surface area contributed by atoms with Crippen LogP contribution < -0.4 is 5.32 Å². The van der Waals surface area contributed by atoms with Crippen LogP contribution in [0.2, 0.25) is 0 Å². The van der Waals surface area contributed by atoms with Crippen molar-refractivity contribution in [2.75, 3.05) is 0 Å². The lowest BCUT2D eigenvalue weighted by molar-refractivity contribution is -0.143. The van der Waals surface area contributed by atoms with Crippen molar-refractivity contribution < 1.29 is 9.53 Å². The zero-order valence-corrected chi connectivity index (χ0v) is 17.0. The van der Waals surface area contributed by atoms with Gasteiger partial charge in [-0.3, -0.25) is 4.98 Å². The Balaban J connectivity index is 2.28. The maximum Gasteiger partial charge on any atom is 0.337 e. The molecule has 5 heteroatoms. The van der Waals surface area contributed by atoms with Crippen LogP contribution in [-0.2, 0) is 16.0 Å². The Morgan fingerprint density at radius 3 is 2.71 bits per heavy atom. The largest absolute Gasteiger partial charge is 0.460 e. The summed E-state index contributed by atoms with van der Waals surface area (Å²) in [6, 6.07) is 10.3. The van der Waals surface area contributed by atoms with Gasteiger partial charge < -0.3 is 10.1 Å². The van der Waals surface area contributed by atoms with Crippen LogP contribution in [0.1, 0.15) is 51.7 Å². The van der Waals surface area contributed by atoms with E-state index in [0.29, 0.717) is 16.8 Å². The molecule has 0 unspecified atom stereocenters. The molecule has 0 radical (unpaired) electrons. The molecule has 1 aliphatic heterocycles. The van der Waals surface area contributed by atoms with Crippen molar-refractivity contribution in [3.8, 4) is 6.07 Å². The van der Waals surface area contributed by atoms with Crippen molar-refractivity contribution in [2.45, 2.75) is 53.1 Å². The summed E-state index contributed by atoms with van der Waals surface area (Å²) in [6.07, 6.45) is 2.49. The Morgan fingerprint density at radius 2 is 2.07 bits per heavy atom. The number of nitrogens with zero attached hydrogens (tertiary/aromatic N) is 2.